The average Bonchev–Trinajstić information content (AvgIpc) is 3.64. The molecule has 0 amide bonds. The molecule has 232 valence electrons. The summed E-state index contributed by atoms with van der Waals surface area (Å²) in [5, 5.41) is 0. The summed E-state index contributed by atoms with van der Waals surface area (Å²) in [4.78, 5) is 10.3. The number of fused-ring (bicyclic) bond motifs is 4. The highest BCUT2D eigenvalue weighted by molar-refractivity contribution is 5.87. The van der Waals surface area contributed by atoms with Crippen LogP contribution in [0.2, 0.25) is 0 Å². The highest BCUT2D eigenvalue weighted by Gasteiger charge is 2.35. The fraction of sp³-hybridized carbons (Fsp3) is 0.116. The number of rotatable bonds is 4. The van der Waals surface area contributed by atoms with E-state index in [1.54, 1.807) is 0 Å². The molecular formula is C43H34N4O. The second-order valence-corrected chi connectivity index (χ2v) is 13.3. The van der Waals surface area contributed by atoms with Gasteiger partial charge < -0.3 is 13.9 Å². The first kappa shape index (κ1) is 28.3. The standard InChI is InChI=1S/C43H34N4O/c1-43(2)33-23-31(41-44-35-25-29(15-19-37(35)46(41)3)27-11-7-5-8-12-27)17-21-39(33)48-40-22-18-32(24-34(40)43)42-45-36-26-30(16-20-38(36)47(42)4)28-13-9-6-10-14-28/h5-26H,1-4H3. The molecule has 5 heteroatoms. The van der Waals surface area contributed by atoms with Gasteiger partial charge >= 0.3 is 0 Å². The van der Waals surface area contributed by atoms with Gasteiger partial charge in [0.1, 0.15) is 23.1 Å². The summed E-state index contributed by atoms with van der Waals surface area (Å²) in [7, 11) is 4.18. The number of hydrogen-bond acceptors (Lipinski definition) is 3. The molecule has 0 aliphatic carbocycles. The number of hydrogen-bond donors (Lipinski definition) is 0. The van der Waals surface area contributed by atoms with E-state index in [1.807, 2.05) is 12.1 Å². The quantitative estimate of drug-likeness (QED) is 0.196. The maximum atomic E-state index is 6.55. The highest BCUT2D eigenvalue weighted by Crippen LogP contribution is 2.50. The second kappa shape index (κ2) is 10.5. The molecule has 0 fully saturated rings. The van der Waals surface area contributed by atoms with Crippen LogP contribution in [-0.2, 0) is 19.5 Å². The summed E-state index contributed by atoms with van der Waals surface area (Å²) in [6.45, 7) is 4.56. The van der Waals surface area contributed by atoms with Crippen molar-refractivity contribution in [1.82, 2.24) is 19.1 Å². The van der Waals surface area contributed by atoms with E-state index in [1.165, 1.54) is 11.1 Å². The van der Waals surface area contributed by atoms with E-state index in [9.17, 15) is 0 Å². The molecule has 1 aliphatic rings. The molecule has 2 aromatic heterocycles. The summed E-state index contributed by atoms with van der Waals surface area (Å²) in [6.07, 6.45) is 0. The van der Waals surface area contributed by atoms with Crippen molar-refractivity contribution in [2.45, 2.75) is 19.3 Å². The largest absolute Gasteiger partial charge is 0.457 e. The van der Waals surface area contributed by atoms with Crippen molar-refractivity contribution < 1.29 is 4.74 Å². The van der Waals surface area contributed by atoms with Crippen LogP contribution in [-0.4, -0.2) is 19.1 Å². The van der Waals surface area contributed by atoms with Gasteiger partial charge in [-0.2, -0.15) is 0 Å². The van der Waals surface area contributed by atoms with E-state index in [4.69, 9.17) is 14.7 Å². The lowest BCUT2D eigenvalue weighted by Crippen LogP contribution is -2.24. The van der Waals surface area contributed by atoms with Gasteiger partial charge in [-0.3, -0.25) is 0 Å². The third-order valence-electron chi connectivity index (χ3n) is 10.0. The molecule has 3 heterocycles. The third kappa shape index (κ3) is 4.39. The minimum absolute atomic E-state index is 0.314. The Balaban J connectivity index is 1.09. The Morgan fingerprint density at radius 2 is 0.875 bits per heavy atom. The highest BCUT2D eigenvalue weighted by atomic mass is 16.5. The zero-order valence-electron chi connectivity index (χ0n) is 27.4. The van der Waals surface area contributed by atoms with E-state index >= 15 is 0 Å². The van der Waals surface area contributed by atoms with Crippen LogP contribution in [0.15, 0.2) is 133 Å². The summed E-state index contributed by atoms with van der Waals surface area (Å²) in [6, 6.07) is 46.9. The smallest absolute Gasteiger partial charge is 0.140 e. The number of imidazole rings is 2. The lowest BCUT2D eigenvalue weighted by molar-refractivity contribution is 0.418. The first-order valence-electron chi connectivity index (χ1n) is 16.4. The second-order valence-electron chi connectivity index (χ2n) is 13.3. The fourth-order valence-corrected chi connectivity index (χ4v) is 7.29. The van der Waals surface area contributed by atoms with Gasteiger partial charge in [0.25, 0.3) is 0 Å². The molecule has 48 heavy (non-hydrogen) atoms. The Hall–Kier alpha value is -5.94. The molecule has 0 saturated carbocycles. The number of benzene rings is 6. The average molecular weight is 623 g/mol. The van der Waals surface area contributed by atoms with Crippen LogP contribution >= 0.6 is 0 Å². The number of ether oxygens (including phenoxy) is 1. The topological polar surface area (TPSA) is 44.9 Å². The summed E-state index contributed by atoms with van der Waals surface area (Å²) >= 11 is 0. The van der Waals surface area contributed by atoms with Crippen LogP contribution in [0.1, 0.15) is 25.0 Å². The summed E-state index contributed by atoms with van der Waals surface area (Å²) in [5.74, 6) is 3.63. The van der Waals surface area contributed by atoms with Gasteiger partial charge in [0.15, 0.2) is 0 Å². The van der Waals surface area contributed by atoms with Crippen LogP contribution in [0.25, 0.3) is 67.1 Å². The van der Waals surface area contributed by atoms with E-state index in [2.05, 4.69) is 158 Å². The van der Waals surface area contributed by atoms with Gasteiger partial charge in [0.2, 0.25) is 0 Å². The first-order chi connectivity index (χ1) is 23.3. The molecule has 8 aromatic rings. The van der Waals surface area contributed by atoms with Crippen molar-refractivity contribution in [3.8, 4) is 56.5 Å². The van der Waals surface area contributed by atoms with Gasteiger partial charge in [-0.05, 0) is 82.9 Å². The Morgan fingerprint density at radius 3 is 1.31 bits per heavy atom. The lowest BCUT2D eigenvalue weighted by atomic mass is 9.75. The van der Waals surface area contributed by atoms with Crippen molar-refractivity contribution in [2.24, 2.45) is 14.1 Å². The molecular weight excluding hydrogens is 589 g/mol. The molecule has 0 bridgehead atoms. The maximum absolute atomic E-state index is 6.55. The molecule has 0 spiro atoms. The zero-order chi connectivity index (χ0) is 32.6. The van der Waals surface area contributed by atoms with E-state index in [0.29, 0.717) is 0 Å². The molecule has 5 nitrogen and oxygen atoms in total. The molecule has 0 atom stereocenters. The molecule has 6 aromatic carbocycles. The van der Waals surface area contributed by atoms with Gasteiger partial charge in [-0.25, -0.2) is 9.97 Å². The Bertz CT molecular complexity index is 2350. The van der Waals surface area contributed by atoms with E-state index in [0.717, 1.165) is 78.6 Å². The predicted octanol–water partition coefficient (Wildman–Crippen LogP) is 10.6. The van der Waals surface area contributed by atoms with Crippen molar-refractivity contribution in [1.29, 1.82) is 0 Å². The summed E-state index contributed by atoms with van der Waals surface area (Å²) < 4.78 is 10.9. The number of aromatic nitrogens is 4. The predicted molar refractivity (Wildman–Crippen MR) is 195 cm³/mol. The third-order valence-corrected chi connectivity index (χ3v) is 10.0. The van der Waals surface area contributed by atoms with Gasteiger partial charge in [-0.15, -0.1) is 0 Å². The first-order valence-corrected chi connectivity index (χ1v) is 16.4. The number of nitrogens with zero attached hydrogens (tertiary/aromatic N) is 4. The van der Waals surface area contributed by atoms with Crippen molar-refractivity contribution in [2.75, 3.05) is 0 Å². The monoisotopic (exact) mass is 622 g/mol. The molecule has 0 N–H and O–H groups in total. The Kier molecular flexibility index (Phi) is 6.21. The van der Waals surface area contributed by atoms with Gasteiger partial charge in [0.05, 0.1) is 22.1 Å². The zero-order valence-corrected chi connectivity index (χ0v) is 27.4. The minimum atomic E-state index is -0.314. The molecule has 9 rings (SSSR count). The van der Waals surface area contributed by atoms with Gasteiger partial charge in [0, 0.05) is 41.8 Å². The summed E-state index contributed by atoms with van der Waals surface area (Å²) in [5.41, 5.74) is 13.0. The van der Waals surface area contributed by atoms with Crippen LogP contribution in [0.3, 0.4) is 0 Å². The van der Waals surface area contributed by atoms with E-state index < -0.39 is 0 Å². The Labute approximate surface area is 279 Å². The normalized spacial score (nSPS) is 13.3. The molecule has 0 saturated heterocycles. The fourth-order valence-electron chi connectivity index (χ4n) is 7.29. The Morgan fingerprint density at radius 1 is 0.458 bits per heavy atom. The molecule has 1 aliphatic heterocycles. The van der Waals surface area contributed by atoms with Crippen molar-refractivity contribution >= 4 is 22.1 Å². The van der Waals surface area contributed by atoms with Gasteiger partial charge in [-0.1, -0.05) is 86.6 Å². The van der Waals surface area contributed by atoms with Crippen LogP contribution in [0.5, 0.6) is 11.5 Å². The van der Waals surface area contributed by atoms with Crippen LogP contribution in [0, 0.1) is 0 Å². The molecule has 0 unspecified atom stereocenters. The minimum Gasteiger partial charge on any atom is -0.457 e. The maximum Gasteiger partial charge on any atom is 0.140 e. The lowest BCUT2D eigenvalue weighted by Gasteiger charge is -2.35. The van der Waals surface area contributed by atoms with Crippen molar-refractivity contribution in [3.05, 3.63) is 145 Å². The van der Waals surface area contributed by atoms with E-state index in [-0.39, 0.29) is 5.41 Å². The molecule has 0 radical (unpaired) electrons. The van der Waals surface area contributed by atoms with Crippen molar-refractivity contribution in [3.63, 3.8) is 0 Å². The number of aryl methyl sites for hydroxylation is 2. The SMILES string of the molecule is Cn1c(-c2ccc3c(c2)C(C)(C)c2cc(-c4nc5cc(-c6ccccc6)ccc5n4C)ccc2O3)nc2cc(-c3ccccc3)ccc21. The van der Waals surface area contributed by atoms with Crippen LogP contribution in [0.4, 0.5) is 0 Å². The van der Waals surface area contributed by atoms with Crippen LogP contribution < -0.4 is 4.74 Å².